The van der Waals surface area contributed by atoms with Crippen LogP contribution in [0.5, 0.6) is 0 Å². The van der Waals surface area contributed by atoms with Crippen molar-refractivity contribution < 1.29 is 48.3 Å². The molecule has 2 N–H and O–H groups in total. The average Bonchev–Trinajstić information content (AvgIpc) is 3.35. The van der Waals surface area contributed by atoms with Gasteiger partial charge in [0.1, 0.15) is 5.78 Å². The third-order valence-electron chi connectivity index (χ3n) is 13.5. The van der Waals surface area contributed by atoms with E-state index in [4.69, 9.17) is 18.9 Å². The Labute approximate surface area is 432 Å². The number of methoxy groups -OCH3 is 1. The van der Waals surface area contributed by atoms with Crippen LogP contribution < -0.4 is 0 Å². The summed E-state index contributed by atoms with van der Waals surface area (Å²) in [7, 11) is 1.39. The second kappa shape index (κ2) is 56.7. The zero-order valence-corrected chi connectivity index (χ0v) is 47.2. The van der Waals surface area contributed by atoms with E-state index in [0.29, 0.717) is 71.2 Å². The number of aliphatic hydroxyl groups excluding tert-OH is 2. The molecule has 0 aromatic carbocycles. The molecule has 0 aliphatic heterocycles. The number of esters is 2. The summed E-state index contributed by atoms with van der Waals surface area (Å²) < 4.78 is 28.7. The first-order chi connectivity index (χ1) is 34.1. The summed E-state index contributed by atoms with van der Waals surface area (Å²) in [6.45, 7) is 18.0. The van der Waals surface area contributed by atoms with Crippen LogP contribution in [-0.2, 0) is 38.1 Å². The SMILES string of the molecule is CCCCCCCCCC(CCCCCCC)C(O)CN(CCCCO)CCOCC(CC)COC(=O)CCC(OCCCCCCCC)OCCCCCCCC.COC(=O)CCCCCC(C)=O. The molecule has 0 fully saturated rings. The molecule has 70 heavy (non-hydrogen) atoms. The minimum atomic E-state index is -0.357. The van der Waals surface area contributed by atoms with Crippen molar-refractivity contribution in [2.24, 2.45) is 11.8 Å². The lowest BCUT2D eigenvalue weighted by molar-refractivity contribution is -0.160. The van der Waals surface area contributed by atoms with E-state index in [1.807, 2.05) is 0 Å². The van der Waals surface area contributed by atoms with E-state index in [-0.39, 0.29) is 42.6 Å². The molecule has 0 amide bonds. The van der Waals surface area contributed by atoms with Crippen molar-refractivity contribution in [3.05, 3.63) is 0 Å². The highest BCUT2D eigenvalue weighted by Crippen LogP contribution is 2.24. The van der Waals surface area contributed by atoms with Gasteiger partial charge in [-0.05, 0) is 77.2 Å². The van der Waals surface area contributed by atoms with Crippen LogP contribution in [0.25, 0.3) is 0 Å². The molecule has 0 aliphatic rings. The van der Waals surface area contributed by atoms with Crippen LogP contribution in [0.1, 0.15) is 273 Å². The summed E-state index contributed by atoms with van der Waals surface area (Å²) in [5, 5.41) is 21.0. The molecule has 0 rings (SSSR count). The lowest BCUT2D eigenvalue weighted by Crippen LogP contribution is -2.39. The number of Topliss-reactive ketones (excluding diaryl/α,β-unsaturated/α-hetero) is 1. The lowest BCUT2D eigenvalue weighted by Gasteiger charge is -2.30. The van der Waals surface area contributed by atoms with Crippen LogP contribution >= 0.6 is 0 Å². The Kier molecular flexibility index (Phi) is 57.0. The number of hydrogen-bond acceptors (Lipinski definition) is 11. The van der Waals surface area contributed by atoms with E-state index in [1.54, 1.807) is 6.92 Å². The summed E-state index contributed by atoms with van der Waals surface area (Å²) in [4.78, 5) is 36.3. The summed E-state index contributed by atoms with van der Waals surface area (Å²) in [6.07, 6.45) is 38.6. The van der Waals surface area contributed by atoms with Crippen molar-refractivity contribution in [1.82, 2.24) is 4.90 Å². The van der Waals surface area contributed by atoms with Gasteiger partial charge in [-0.3, -0.25) is 14.5 Å². The Balaban J connectivity index is 0. The molecular formula is C59H117NO10. The largest absolute Gasteiger partial charge is 0.469 e. The maximum absolute atomic E-state index is 12.8. The fourth-order valence-electron chi connectivity index (χ4n) is 8.64. The molecule has 0 aliphatic carbocycles. The van der Waals surface area contributed by atoms with Gasteiger partial charge < -0.3 is 38.7 Å². The van der Waals surface area contributed by atoms with Crippen LogP contribution in [0, 0.1) is 11.8 Å². The Morgan fingerprint density at radius 2 is 0.986 bits per heavy atom. The summed E-state index contributed by atoms with van der Waals surface area (Å²) in [5.74, 6) is 0.327. The van der Waals surface area contributed by atoms with E-state index in [9.17, 15) is 24.6 Å². The van der Waals surface area contributed by atoms with Gasteiger partial charge in [0.05, 0.1) is 39.5 Å². The molecule has 0 saturated heterocycles. The second-order valence-corrected chi connectivity index (χ2v) is 20.3. The quantitative estimate of drug-likeness (QED) is 0.0342. The molecule has 418 valence electrons. The molecule has 11 heteroatoms. The monoisotopic (exact) mass is 1000 g/mol. The number of carbonyl (C=O) groups excluding carboxylic acids is 3. The van der Waals surface area contributed by atoms with Crippen LogP contribution in [0.3, 0.4) is 0 Å². The smallest absolute Gasteiger partial charge is 0.305 e. The van der Waals surface area contributed by atoms with Crippen LogP contribution in [0.4, 0.5) is 0 Å². The van der Waals surface area contributed by atoms with Gasteiger partial charge >= 0.3 is 11.9 Å². The highest BCUT2D eigenvalue weighted by molar-refractivity contribution is 5.75. The van der Waals surface area contributed by atoms with Gasteiger partial charge in [-0.2, -0.15) is 0 Å². The van der Waals surface area contributed by atoms with Crippen molar-refractivity contribution in [3.8, 4) is 0 Å². The van der Waals surface area contributed by atoms with E-state index < -0.39 is 0 Å². The summed E-state index contributed by atoms with van der Waals surface area (Å²) in [5.41, 5.74) is 0. The zero-order chi connectivity index (χ0) is 52.0. The lowest BCUT2D eigenvalue weighted by atomic mass is 9.89. The molecule has 11 nitrogen and oxygen atoms in total. The van der Waals surface area contributed by atoms with E-state index in [2.05, 4.69) is 44.3 Å². The molecule has 3 atom stereocenters. The number of aliphatic hydroxyl groups is 2. The molecule has 0 saturated carbocycles. The number of rotatable bonds is 54. The van der Waals surface area contributed by atoms with Gasteiger partial charge in [0.15, 0.2) is 6.29 Å². The second-order valence-electron chi connectivity index (χ2n) is 20.3. The average molecular weight is 1000 g/mol. The first kappa shape index (κ1) is 70.4. The molecule has 3 unspecified atom stereocenters. The summed E-state index contributed by atoms with van der Waals surface area (Å²) >= 11 is 0. The predicted molar refractivity (Wildman–Crippen MR) is 291 cm³/mol. The summed E-state index contributed by atoms with van der Waals surface area (Å²) in [6, 6.07) is 0. The Bertz CT molecular complexity index is 1080. The molecule has 0 radical (unpaired) electrons. The van der Waals surface area contributed by atoms with Gasteiger partial charge in [-0.25, -0.2) is 0 Å². The molecule has 0 aromatic rings. The van der Waals surface area contributed by atoms with Crippen LogP contribution in [0.2, 0.25) is 0 Å². The maximum atomic E-state index is 12.8. The highest BCUT2D eigenvalue weighted by atomic mass is 16.7. The van der Waals surface area contributed by atoms with Crippen molar-refractivity contribution in [1.29, 1.82) is 0 Å². The van der Waals surface area contributed by atoms with Crippen molar-refractivity contribution in [2.75, 3.05) is 66.4 Å². The number of ether oxygens (including phenoxy) is 5. The van der Waals surface area contributed by atoms with E-state index in [1.165, 1.54) is 148 Å². The minimum absolute atomic E-state index is 0.139. The Morgan fingerprint density at radius 1 is 0.500 bits per heavy atom. The Hall–Kier alpha value is -1.63. The molecule has 0 heterocycles. The molecular weight excluding hydrogens is 883 g/mol. The van der Waals surface area contributed by atoms with E-state index in [0.717, 1.165) is 77.3 Å². The number of ketones is 1. The van der Waals surface area contributed by atoms with Gasteiger partial charge in [0, 0.05) is 58.1 Å². The first-order valence-corrected chi connectivity index (χ1v) is 29.7. The highest BCUT2D eigenvalue weighted by Gasteiger charge is 2.22. The topological polar surface area (TPSA) is 141 Å². The third kappa shape index (κ3) is 51.3. The molecule has 0 bridgehead atoms. The van der Waals surface area contributed by atoms with Gasteiger partial charge in [0.2, 0.25) is 0 Å². The molecule has 0 spiro atoms. The normalized spacial score (nSPS) is 12.8. The van der Waals surface area contributed by atoms with Crippen molar-refractivity contribution >= 4 is 17.7 Å². The first-order valence-electron chi connectivity index (χ1n) is 29.7. The van der Waals surface area contributed by atoms with Gasteiger partial charge in [-0.15, -0.1) is 0 Å². The molecule has 0 aromatic heterocycles. The predicted octanol–water partition coefficient (Wildman–Crippen LogP) is 14.7. The van der Waals surface area contributed by atoms with Crippen molar-refractivity contribution in [2.45, 2.75) is 285 Å². The maximum Gasteiger partial charge on any atom is 0.305 e. The third-order valence-corrected chi connectivity index (χ3v) is 13.5. The van der Waals surface area contributed by atoms with Gasteiger partial charge in [0.25, 0.3) is 0 Å². The minimum Gasteiger partial charge on any atom is -0.469 e. The fourth-order valence-corrected chi connectivity index (χ4v) is 8.64. The van der Waals surface area contributed by atoms with Gasteiger partial charge in [-0.1, -0.05) is 182 Å². The fraction of sp³-hybridized carbons (Fsp3) is 0.949. The number of unbranched alkanes of at least 4 members (excludes halogenated alkanes) is 23. The van der Waals surface area contributed by atoms with Crippen LogP contribution in [-0.4, -0.2) is 112 Å². The standard InChI is InChI=1S/C50H101NO7.C9H16O3/c1-6-11-15-19-22-24-28-34-47(33-27-23-18-14-9-4)48(53)43-51(37-29-30-39-52)38-42-55-44-46(10-5)45-58-49(54)35-36-50(56-40-31-25-20-16-12-7-2)57-41-32-26-21-17-13-8-3;1-8(10)6-4-3-5-7-9(11)12-2/h46-48,50,52-53H,6-45H2,1-5H3;3-7H2,1-2H3. The Morgan fingerprint density at radius 3 is 1.47 bits per heavy atom. The number of nitrogens with zero attached hydrogens (tertiary/aromatic N) is 1. The zero-order valence-electron chi connectivity index (χ0n) is 47.2. The number of carbonyl (C=O) groups is 3. The van der Waals surface area contributed by atoms with Crippen molar-refractivity contribution in [3.63, 3.8) is 0 Å². The van der Waals surface area contributed by atoms with E-state index >= 15 is 0 Å². The number of hydrogen-bond donors (Lipinski definition) is 2. The van der Waals surface area contributed by atoms with Crippen LogP contribution in [0.15, 0.2) is 0 Å².